The third kappa shape index (κ3) is 4.08. The number of amides is 1. The number of fused-ring (bicyclic) bond motifs is 4. The van der Waals surface area contributed by atoms with Crippen LogP contribution >= 0.6 is 12.4 Å². The standard InChI is InChI=1S/C21H25N3O3.ClH/c1-27-17-4-2-3-14(10-17)7-8-23-20(25)18-5-6-19-16-9-15(11-22-12-16)13-24(19)21(18)26;/h2-6,10,15-16,22H,7-9,11-13H2,1H3,(H,23,25);1H/t15-,16+;/m0./s1. The molecule has 1 amide bonds. The Bertz CT molecular complexity index is 912. The summed E-state index contributed by atoms with van der Waals surface area (Å²) in [7, 11) is 1.63. The maximum atomic E-state index is 12.9. The predicted molar refractivity (Wildman–Crippen MR) is 111 cm³/mol. The van der Waals surface area contributed by atoms with E-state index in [9.17, 15) is 9.59 Å². The second-order valence-electron chi connectivity index (χ2n) is 7.40. The number of carbonyl (C=O) groups excluding carboxylic acids is 1. The summed E-state index contributed by atoms with van der Waals surface area (Å²) < 4.78 is 7.03. The van der Waals surface area contributed by atoms with Gasteiger partial charge in [-0.25, -0.2) is 0 Å². The maximum absolute atomic E-state index is 12.9. The van der Waals surface area contributed by atoms with E-state index in [-0.39, 0.29) is 29.4 Å². The number of hydrogen-bond acceptors (Lipinski definition) is 4. The molecule has 0 radical (unpaired) electrons. The zero-order valence-corrected chi connectivity index (χ0v) is 16.8. The van der Waals surface area contributed by atoms with Crippen molar-refractivity contribution in [3.05, 3.63) is 63.6 Å². The molecule has 1 aromatic carbocycles. The normalized spacial score (nSPS) is 19.9. The highest BCUT2D eigenvalue weighted by Crippen LogP contribution is 2.31. The van der Waals surface area contributed by atoms with E-state index in [0.717, 1.165) is 36.5 Å². The van der Waals surface area contributed by atoms with E-state index in [4.69, 9.17) is 4.74 Å². The van der Waals surface area contributed by atoms with Gasteiger partial charge in [0.1, 0.15) is 11.3 Å². The summed E-state index contributed by atoms with van der Waals surface area (Å²) in [4.78, 5) is 25.4. The van der Waals surface area contributed by atoms with Gasteiger partial charge in [-0.1, -0.05) is 12.1 Å². The van der Waals surface area contributed by atoms with Crippen molar-refractivity contribution in [1.29, 1.82) is 0 Å². The minimum absolute atomic E-state index is 0. The molecule has 7 heteroatoms. The highest BCUT2D eigenvalue weighted by molar-refractivity contribution is 5.93. The molecule has 2 aliphatic heterocycles. The Morgan fingerprint density at radius 3 is 2.96 bits per heavy atom. The molecule has 1 saturated heterocycles. The largest absolute Gasteiger partial charge is 0.497 e. The molecule has 2 aromatic rings. The first-order valence-electron chi connectivity index (χ1n) is 9.51. The maximum Gasteiger partial charge on any atom is 0.263 e. The van der Waals surface area contributed by atoms with Crippen LogP contribution in [0.1, 0.15) is 34.0 Å². The Labute approximate surface area is 170 Å². The zero-order chi connectivity index (χ0) is 18.8. The fourth-order valence-corrected chi connectivity index (χ4v) is 4.21. The van der Waals surface area contributed by atoms with Gasteiger partial charge in [0.05, 0.1) is 7.11 Å². The molecule has 2 aliphatic rings. The Morgan fingerprint density at radius 1 is 1.29 bits per heavy atom. The number of rotatable bonds is 5. The summed E-state index contributed by atoms with van der Waals surface area (Å²) in [5.41, 5.74) is 2.20. The van der Waals surface area contributed by atoms with Gasteiger partial charge in [-0.05, 0) is 55.1 Å². The molecule has 3 heterocycles. The fourth-order valence-electron chi connectivity index (χ4n) is 4.21. The number of aromatic nitrogens is 1. The number of ether oxygens (including phenoxy) is 1. The molecule has 4 rings (SSSR count). The molecular weight excluding hydrogens is 378 g/mol. The lowest BCUT2D eigenvalue weighted by molar-refractivity contribution is 0.0951. The zero-order valence-electron chi connectivity index (χ0n) is 15.9. The number of methoxy groups -OCH3 is 1. The number of nitrogens with zero attached hydrogens (tertiary/aromatic N) is 1. The smallest absolute Gasteiger partial charge is 0.263 e. The average molecular weight is 404 g/mol. The molecule has 2 atom stereocenters. The fraction of sp³-hybridized carbons (Fsp3) is 0.429. The lowest BCUT2D eigenvalue weighted by atomic mass is 9.84. The number of halogens is 1. The Hall–Kier alpha value is -2.31. The summed E-state index contributed by atoms with van der Waals surface area (Å²) in [5, 5.41) is 6.31. The van der Waals surface area contributed by atoms with Crippen molar-refractivity contribution < 1.29 is 9.53 Å². The van der Waals surface area contributed by atoms with Crippen molar-refractivity contribution in [2.75, 3.05) is 26.7 Å². The first kappa shape index (κ1) is 20.4. The minimum Gasteiger partial charge on any atom is -0.497 e. The van der Waals surface area contributed by atoms with Crippen LogP contribution in [0.5, 0.6) is 5.75 Å². The molecule has 0 saturated carbocycles. The summed E-state index contributed by atoms with van der Waals surface area (Å²) >= 11 is 0. The van der Waals surface area contributed by atoms with E-state index >= 15 is 0 Å². The third-order valence-corrected chi connectivity index (χ3v) is 5.59. The monoisotopic (exact) mass is 403 g/mol. The van der Waals surface area contributed by atoms with Crippen molar-refractivity contribution in [3.63, 3.8) is 0 Å². The van der Waals surface area contributed by atoms with E-state index in [2.05, 4.69) is 10.6 Å². The number of benzene rings is 1. The van der Waals surface area contributed by atoms with Crippen LogP contribution in [0.25, 0.3) is 0 Å². The average Bonchev–Trinajstić information content (AvgIpc) is 2.69. The van der Waals surface area contributed by atoms with E-state index in [1.807, 2.05) is 34.9 Å². The molecule has 1 fully saturated rings. The van der Waals surface area contributed by atoms with Crippen LogP contribution in [-0.2, 0) is 13.0 Å². The van der Waals surface area contributed by atoms with E-state index in [1.165, 1.54) is 0 Å². The van der Waals surface area contributed by atoms with Gasteiger partial charge < -0.3 is 19.9 Å². The van der Waals surface area contributed by atoms with E-state index < -0.39 is 0 Å². The van der Waals surface area contributed by atoms with Crippen LogP contribution in [-0.4, -0.2) is 37.2 Å². The molecule has 0 spiro atoms. The summed E-state index contributed by atoms with van der Waals surface area (Å²) in [6.07, 6.45) is 1.81. The SMILES string of the molecule is COc1cccc(CCNC(=O)c2ccc3n(c2=O)C[C@@H]2CNC[C@H]3C2)c1.Cl. The van der Waals surface area contributed by atoms with Crippen molar-refractivity contribution in [2.24, 2.45) is 5.92 Å². The van der Waals surface area contributed by atoms with Gasteiger partial charge in [-0.2, -0.15) is 0 Å². The third-order valence-electron chi connectivity index (χ3n) is 5.59. The molecule has 1 aromatic heterocycles. The number of hydrogen-bond donors (Lipinski definition) is 2. The second-order valence-corrected chi connectivity index (χ2v) is 7.40. The van der Waals surface area contributed by atoms with Gasteiger partial charge in [0.2, 0.25) is 0 Å². The van der Waals surface area contributed by atoms with E-state index in [0.29, 0.717) is 31.3 Å². The van der Waals surface area contributed by atoms with Crippen molar-refractivity contribution in [2.45, 2.75) is 25.3 Å². The first-order valence-corrected chi connectivity index (χ1v) is 9.51. The van der Waals surface area contributed by atoms with Gasteiger partial charge in [0, 0.05) is 31.2 Å². The molecule has 0 unspecified atom stereocenters. The topological polar surface area (TPSA) is 72.4 Å². The number of piperidine rings is 1. The van der Waals surface area contributed by atoms with Gasteiger partial charge in [-0.15, -0.1) is 12.4 Å². The Balaban J connectivity index is 0.00000225. The molecular formula is C21H26ClN3O3. The van der Waals surface area contributed by atoms with Gasteiger partial charge in [0.15, 0.2) is 0 Å². The van der Waals surface area contributed by atoms with Gasteiger partial charge >= 0.3 is 0 Å². The van der Waals surface area contributed by atoms with Crippen LogP contribution < -0.4 is 20.9 Å². The van der Waals surface area contributed by atoms with Gasteiger partial charge in [0.25, 0.3) is 11.5 Å². The predicted octanol–water partition coefficient (Wildman–Crippen LogP) is 1.96. The molecule has 6 nitrogen and oxygen atoms in total. The Morgan fingerprint density at radius 2 is 2.14 bits per heavy atom. The summed E-state index contributed by atoms with van der Waals surface area (Å²) in [6.45, 7) is 3.02. The van der Waals surface area contributed by atoms with E-state index in [1.54, 1.807) is 13.2 Å². The number of nitrogens with one attached hydrogen (secondary N) is 2. The molecule has 0 aliphatic carbocycles. The summed E-state index contributed by atoms with van der Waals surface area (Å²) in [5.74, 6) is 1.34. The van der Waals surface area contributed by atoms with Crippen molar-refractivity contribution >= 4 is 18.3 Å². The molecule has 150 valence electrons. The quantitative estimate of drug-likeness (QED) is 0.800. The first-order chi connectivity index (χ1) is 13.2. The number of pyridine rings is 1. The number of carbonyl (C=O) groups is 1. The van der Waals surface area contributed by atoms with Crippen LogP contribution in [0.4, 0.5) is 0 Å². The highest BCUT2D eigenvalue weighted by atomic mass is 35.5. The van der Waals surface area contributed by atoms with Gasteiger partial charge in [-0.3, -0.25) is 9.59 Å². The van der Waals surface area contributed by atoms with Crippen LogP contribution in [0.3, 0.4) is 0 Å². The lowest BCUT2D eigenvalue weighted by Gasteiger charge is -2.37. The van der Waals surface area contributed by atoms with Crippen molar-refractivity contribution in [1.82, 2.24) is 15.2 Å². The molecule has 2 N–H and O–H groups in total. The molecule has 28 heavy (non-hydrogen) atoms. The minimum atomic E-state index is -0.299. The van der Waals surface area contributed by atoms with Crippen LogP contribution in [0.2, 0.25) is 0 Å². The summed E-state index contributed by atoms with van der Waals surface area (Å²) in [6, 6.07) is 11.4. The molecule has 2 bridgehead atoms. The van der Waals surface area contributed by atoms with Crippen LogP contribution in [0, 0.1) is 5.92 Å². The second kappa shape index (κ2) is 8.80. The highest BCUT2D eigenvalue weighted by Gasteiger charge is 2.31. The van der Waals surface area contributed by atoms with Crippen molar-refractivity contribution in [3.8, 4) is 5.75 Å². The lowest BCUT2D eigenvalue weighted by Crippen LogP contribution is -2.46. The Kier molecular flexibility index (Phi) is 6.42. The van der Waals surface area contributed by atoms with Crippen LogP contribution in [0.15, 0.2) is 41.2 Å².